The number of hydrogen-bond donors (Lipinski definition) is 1. The van der Waals surface area contributed by atoms with Crippen LogP contribution in [0.3, 0.4) is 0 Å². The van der Waals surface area contributed by atoms with Crippen LogP contribution in [-0.4, -0.2) is 35.6 Å². The van der Waals surface area contributed by atoms with Crippen LogP contribution in [0.4, 0.5) is 0 Å². The molecule has 1 N–H and O–H groups in total. The average Bonchev–Trinajstić information content (AvgIpc) is 2.72. The number of nitrogens with zero attached hydrogens (tertiary/aromatic N) is 2. The molecule has 4 nitrogen and oxygen atoms in total. The van der Waals surface area contributed by atoms with E-state index in [-0.39, 0.29) is 11.8 Å². The van der Waals surface area contributed by atoms with Gasteiger partial charge in [-0.3, -0.25) is 4.79 Å². The van der Waals surface area contributed by atoms with Crippen molar-refractivity contribution in [2.45, 2.75) is 39.5 Å². The van der Waals surface area contributed by atoms with Crippen LogP contribution in [0.25, 0.3) is 0 Å². The van der Waals surface area contributed by atoms with Crippen molar-refractivity contribution in [2.75, 3.05) is 19.6 Å². The Morgan fingerprint density at radius 1 is 1.59 bits per heavy atom. The Kier molecular flexibility index (Phi) is 4.95. The predicted octanol–water partition coefficient (Wildman–Crippen LogP) is 2.11. The minimum absolute atomic E-state index is 0.251. The van der Waals surface area contributed by atoms with Gasteiger partial charge in [0.2, 0.25) is 0 Å². The van der Waals surface area contributed by atoms with E-state index in [0.29, 0.717) is 5.92 Å². The van der Waals surface area contributed by atoms with E-state index >= 15 is 0 Å². The number of rotatable bonds is 6. The van der Waals surface area contributed by atoms with Crippen LogP contribution in [0.15, 0.2) is 0 Å². The second kappa shape index (κ2) is 6.02. The molecule has 1 aliphatic rings. The molecule has 0 bridgehead atoms. The van der Waals surface area contributed by atoms with Gasteiger partial charge >= 0.3 is 5.97 Å². The highest BCUT2D eigenvalue weighted by Gasteiger charge is 2.25. The van der Waals surface area contributed by atoms with E-state index in [4.69, 9.17) is 10.4 Å². The maximum atomic E-state index is 10.5. The van der Waals surface area contributed by atoms with Gasteiger partial charge in [0.25, 0.3) is 0 Å². The molecule has 1 atom stereocenters. The van der Waals surface area contributed by atoms with Crippen molar-refractivity contribution in [3.05, 3.63) is 0 Å². The van der Waals surface area contributed by atoms with Crippen molar-refractivity contribution in [2.24, 2.45) is 11.3 Å². The minimum Gasteiger partial charge on any atom is -0.481 e. The van der Waals surface area contributed by atoms with Gasteiger partial charge in [0, 0.05) is 13.0 Å². The number of hydrogen-bond acceptors (Lipinski definition) is 3. The molecule has 0 aromatic heterocycles. The molecular weight excluding hydrogens is 216 g/mol. The Morgan fingerprint density at radius 3 is 2.88 bits per heavy atom. The number of carboxylic acids is 1. The van der Waals surface area contributed by atoms with Crippen molar-refractivity contribution in [3.8, 4) is 6.07 Å². The summed E-state index contributed by atoms with van der Waals surface area (Å²) in [6.07, 6.45) is 3.05. The predicted molar refractivity (Wildman–Crippen MR) is 65.4 cm³/mol. The first kappa shape index (κ1) is 14.0. The van der Waals surface area contributed by atoms with Crippen LogP contribution in [-0.2, 0) is 4.79 Å². The standard InChI is InChI=1S/C13H22N2O2/c1-13(2,10-14)6-8-15-7-5-11(9-15)3-4-12(16)17/h11H,3-9H2,1-2H3,(H,16,17). The lowest BCUT2D eigenvalue weighted by atomic mass is 9.91. The first-order chi connectivity index (χ1) is 7.93. The number of likely N-dealkylation sites (tertiary alicyclic amines) is 1. The zero-order valence-corrected chi connectivity index (χ0v) is 10.8. The highest BCUT2D eigenvalue weighted by molar-refractivity contribution is 5.66. The fraction of sp³-hybridized carbons (Fsp3) is 0.846. The smallest absolute Gasteiger partial charge is 0.303 e. The summed E-state index contributed by atoms with van der Waals surface area (Å²) in [6, 6.07) is 2.31. The normalized spacial score (nSPS) is 21.4. The quantitative estimate of drug-likeness (QED) is 0.769. The summed E-state index contributed by atoms with van der Waals surface area (Å²) in [6.45, 7) is 6.92. The topological polar surface area (TPSA) is 64.3 Å². The first-order valence-corrected chi connectivity index (χ1v) is 6.28. The third-order valence-electron chi connectivity index (χ3n) is 3.49. The van der Waals surface area contributed by atoms with Crippen LogP contribution in [0.2, 0.25) is 0 Å². The summed E-state index contributed by atoms with van der Waals surface area (Å²) in [7, 11) is 0. The number of carbonyl (C=O) groups is 1. The van der Waals surface area contributed by atoms with E-state index in [0.717, 1.165) is 38.9 Å². The van der Waals surface area contributed by atoms with Crippen LogP contribution in [0, 0.1) is 22.7 Å². The van der Waals surface area contributed by atoms with Crippen molar-refractivity contribution in [3.63, 3.8) is 0 Å². The van der Waals surface area contributed by atoms with E-state index in [1.807, 2.05) is 13.8 Å². The van der Waals surface area contributed by atoms with Crippen LogP contribution in [0.1, 0.15) is 39.5 Å². The van der Waals surface area contributed by atoms with E-state index < -0.39 is 5.97 Å². The van der Waals surface area contributed by atoms with Gasteiger partial charge < -0.3 is 10.0 Å². The zero-order valence-electron chi connectivity index (χ0n) is 10.8. The Morgan fingerprint density at radius 2 is 2.29 bits per heavy atom. The molecule has 0 saturated carbocycles. The Balaban J connectivity index is 2.22. The van der Waals surface area contributed by atoms with Gasteiger partial charge in [-0.25, -0.2) is 0 Å². The van der Waals surface area contributed by atoms with Crippen molar-refractivity contribution in [1.82, 2.24) is 4.90 Å². The fourth-order valence-electron chi connectivity index (χ4n) is 2.17. The molecule has 0 radical (unpaired) electrons. The molecule has 0 amide bonds. The molecule has 0 spiro atoms. The third kappa shape index (κ3) is 5.18. The lowest BCUT2D eigenvalue weighted by Gasteiger charge is -2.21. The molecule has 0 aromatic carbocycles. The summed E-state index contributed by atoms with van der Waals surface area (Å²) in [5, 5.41) is 17.6. The minimum atomic E-state index is -0.700. The Bertz CT molecular complexity index is 307. The number of aliphatic carboxylic acids is 1. The third-order valence-corrected chi connectivity index (χ3v) is 3.49. The number of nitriles is 1. The van der Waals surface area contributed by atoms with Gasteiger partial charge in [0.05, 0.1) is 11.5 Å². The molecule has 1 rings (SSSR count). The van der Waals surface area contributed by atoms with E-state index in [9.17, 15) is 4.79 Å². The van der Waals surface area contributed by atoms with Gasteiger partial charge in [0.15, 0.2) is 0 Å². The molecule has 17 heavy (non-hydrogen) atoms. The second-order valence-electron chi connectivity index (χ2n) is 5.63. The van der Waals surface area contributed by atoms with E-state index in [2.05, 4.69) is 11.0 Å². The van der Waals surface area contributed by atoms with Gasteiger partial charge in [-0.2, -0.15) is 5.26 Å². The van der Waals surface area contributed by atoms with Crippen molar-refractivity contribution < 1.29 is 9.90 Å². The highest BCUT2D eigenvalue weighted by Crippen LogP contribution is 2.24. The molecule has 1 aliphatic heterocycles. The fourth-order valence-corrected chi connectivity index (χ4v) is 2.17. The van der Waals surface area contributed by atoms with E-state index in [1.165, 1.54) is 0 Å². The molecular formula is C13H22N2O2. The Labute approximate surface area is 103 Å². The monoisotopic (exact) mass is 238 g/mol. The summed E-state index contributed by atoms with van der Waals surface area (Å²) in [5.74, 6) is -0.176. The van der Waals surface area contributed by atoms with Crippen LogP contribution < -0.4 is 0 Å². The summed E-state index contributed by atoms with van der Waals surface area (Å²) in [4.78, 5) is 12.8. The molecule has 96 valence electrons. The van der Waals surface area contributed by atoms with Crippen LogP contribution in [0.5, 0.6) is 0 Å². The summed E-state index contributed by atoms with van der Waals surface area (Å²) in [5.41, 5.74) is -0.251. The average molecular weight is 238 g/mol. The largest absolute Gasteiger partial charge is 0.481 e. The van der Waals surface area contributed by atoms with Crippen LogP contribution >= 0.6 is 0 Å². The van der Waals surface area contributed by atoms with Gasteiger partial charge in [-0.1, -0.05) is 0 Å². The molecule has 1 saturated heterocycles. The summed E-state index contributed by atoms with van der Waals surface area (Å²) >= 11 is 0. The van der Waals surface area contributed by atoms with Gasteiger partial charge in [0.1, 0.15) is 0 Å². The molecule has 1 heterocycles. The maximum Gasteiger partial charge on any atom is 0.303 e. The van der Waals surface area contributed by atoms with Crippen molar-refractivity contribution in [1.29, 1.82) is 5.26 Å². The molecule has 0 aliphatic carbocycles. The molecule has 4 heteroatoms. The lowest BCUT2D eigenvalue weighted by molar-refractivity contribution is -0.137. The first-order valence-electron chi connectivity index (χ1n) is 6.28. The van der Waals surface area contributed by atoms with Gasteiger partial charge in [-0.05, 0) is 52.1 Å². The molecule has 1 unspecified atom stereocenters. The molecule has 0 aromatic rings. The Hall–Kier alpha value is -1.08. The van der Waals surface area contributed by atoms with E-state index in [1.54, 1.807) is 0 Å². The van der Waals surface area contributed by atoms with Gasteiger partial charge in [-0.15, -0.1) is 0 Å². The zero-order chi connectivity index (χ0) is 12.9. The summed E-state index contributed by atoms with van der Waals surface area (Å²) < 4.78 is 0. The second-order valence-corrected chi connectivity index (χ2v) is 5.63. The lowest BCUT2D eigenvalue weighted by Crippen LogP contribution is -2.26. The maximum absolute atomic E-state index is 10.5. The number of carboxylic acid groups (broad SMARTS) is 1. The van der Waals surface area contributed by atoms with Crippen molar-refractivity contribution >= 4 is 5.97 Å². The molecule has 1 fully saturated rings. The SMILES string of the molecule is CC(C)(C#N)CCN1CCC(CCC(=O)O)C1. The highest BCUT2D eigenvalue weighted by atomic mass is 16.4.